The van der Waals surface area contributed by atoms with Gasteiger partial charge in [-0.15, -0.1) is 0 Å². The van der Waals surface area contributed by atoms with Crippen LogP contribution >= 0.6 is 0 Å². The van der Waals surface area contributed by atoms with E-state index in [0.717, 1.165) is 24.2 Å². The summed E-state index contributed by atoms with van der Waals surface area (Å²) in [5, 5.41) is 9.21. The highest BCUT2D eigenvalue weighted by Gasteiger charge is 2.39. The Morgan fingerprint density at radius 1 is 1.40 bits per heavy atom. The summed E-state index contributed by atoms with van der Waals surface area (Å²) in [5.74, 6) is 0.771. The second kappa shape index (κ2) is 3.56. The molecule has 1 aliphatic carbocycles. The number of rotatable bonds is 2. The molecule has 0 saturated heterocycles. The van der Waals surface area contributed by atoms with Gasteiger partial charge in [0.1, 0.15) is 11.8 Å². The molecule has 78 valence electrons. The zero-order chi connectivity index (χ0) is 10.9. The molecule has 0 heterocycles. The second-order valence-electron chi connectivity index (χ2n) is 3.67. The van der Waals surface area contributed by atoms with Crippen LogP contribution in [0.4, 0.5) is 0 Å². The van der Waals surface area contributed by atoms with E-state index in [-0.39, 0.29) is 0 Å². The number of nitrogens with zero attached hydrogens (tertiary/aromatic N) is 1. The van der Waals surface area contributed by atoms with Crippen molar-refractivity contribution in [1.29, 1.82) is 5.26 Å². The molecule has 0 aromatic heterocycles. The van der Waals surface area contributed by atoms with Gasteiger partial charge in [-0.05, 0) is 30.5 Å². The van der Waals surface area contributed by atoms with Crippen molar-refractivity contribution in [3.8, 4) is 11.8 Å². The van der Waals surface area contributed by atoms with Gasteiger partial charge in [0.15, 0.2) is 5.60 Å². The third-order valence-corrected chi connectivity index (χ3v) is 3.03. The summed E-state index contributed by atoms with van der Waals surface area (Å²) in [6.07, 6.45) is 1.61. The fraction of sp³-hybridized carbons (Fsp3) is 0.417. The Kier molecular flexibility index (Phi) is 2.37. The molecule has 3 nitrogen and oxygen atoms in total. The van der Waals surface area contributed by atoms with Crippen LogP contribution in [0, 0.1) is 11.3 Å². The van der Waals surface area contributed by atoms with Gasteiger partial charge in [0.2, 0.25) is 0 Å². The Bertz CT molecular complexity index is 422. The Morgan fingerprint density at radius 3 is 2.80 bits per heavy atom. The molecule has 1 aliphatic rings. The number of aryl methyl sites for hydroxylation is 1. The lowest BCUT2D eigenvalue weighted by atomic mass is 9.97. The molecule has 15 heavy (non-hydrogen) atoms. The zero-order valence-corrected chi connectivity index (χ0v) is 8.91. The predicted molar refractivity (Wildman–Crippen MR) is 55.6 cm³/mol. The first-order valence-corrected chi connectivity index (χ1v) is 4.89. The van der Waals surface area contributed by atoms with Crippen molar-refractivity contribution in [3.05, 3.63) is 29.3 Å². The Balaban J connectivity index is 2.53. The van der Waals surface area contributed by atoms with Gasteiger partial charge < -0.3 is 9.47 Å². The van der Waals surface area contributed by atoms with Crippen LogP contribution < -0.4 is 4.74 Å². The maximum atomic E-state index is 9.21. The van der Waals surface area contributed by atoms with Gasteiger partial charge in [-0.2, -0.15) is 5.26 Å². The molecular weight excluding hydrogens is 190 g/mol. The molecule has 1 unspecified atom stereocenters. The fourth-order valence-corrected chi connectivity index (χ4v) is 2.10. The smallest absolute Gasteiger partial charge is 0.179 e. The minimum absolute atomic E-state index is 0.725. The van der Waals surface area contributed by atoms with Crippen molar-refractivity contribution in [2.45, 2.75) is 18.4 Å². The lowest BCUT2D eigenvalue weighted by Crippen LogP contribution is -2.22. The van der Waals surface area contributed by atoms with E-state index in [4.69, 9.17) is 9.47 Å². The lowest BCUT2D eigenvalue weighted by Gasteiger charge is -2.20. The van der Waals surface area contributed by atoms with Gasteiger partial charge in [0, 0.05) is 12.7 Å². The van der Waals surface area contributed by atoms with Gasteiger partial charge >= 0.3 is 0 Å². The summed E-state index contributed by atoms with van der Waals surface area (Å²) in [7, 11) is 3.20. The van der Waals surface area contributed by atoms with Gasteiger partial charge in [0.05, 0.1) is 7.11 Å². The number of benzene rings is 1. The highest BCUT2D eigenvalue weighted by molar-refractivity contribution is 5.46. The van der Waals surface area contributed by atoms with Crippen molar-refractivity contribution >= 4 is 0 Å². The van der Waals surface area contributed by atoms with Crippen LogP contribution in [0.15, 0.2) is 18.2 Å². The Hall–Kier alpha value is -1.53. The molecule has 0 bridgehead atoms. The summed E-state index contributed by atoms with van der Waals surface area (Å²) in [5.41, 5.74) is 1.36. The van der Waals surface area contributed by atoms with E-state index >= 15 is 0 Å². The molecule has 0 fully saturated rings. The van der Waals surface area contributed by atoms with Crippen molar-refractivity contribution in [2.75, 3.05) is 14.2 Å². The Labute approximate surface area is 89.2 Å². The van der Waals surface area contributed by atoms with E-state index < -0.39 is 5.60 Å². The number of fused-ring (bicyclic) bond motifs is 1. The largest absolute Gasteiger partial charge is 0.497 e. The average Bonchev–Trinajstić information content (AvgIpc) is 2.67. The van der Waals surface area contributed by atoms with Crippen LogP contribution in [0.2, 0.25) is 0 Å². The average molecular weight is 203 g/mol. The SMILES string of the molecule is COc1ccc2c(c1)C(C#N)(OC)CC2. The zero-order valence-electron chi connectivity index (χ0n) is 8.91. The van der Waals surface area contributed by atoms with Gasteiger partial charge in [0.25, 0.3) is 0 Å². The quantitative estimate of drug-likeness (QED) is 0.738. The van der Waals surface area contributed by atoms with Gasteiger partial charge in [-0.3, -0.25) is 0 Å². The first kappa shape index (κ1) is 10.0. The molecule has 1 atom stereocenters. The summed E-state index contributed by atoms with van der Waals surface area (Å²) >= 11 is 0. The van der Waals surface area contributed by atoms with Gasteiger partial charge in [-0.1, -0.05) is 6.07 Å². The molecule has 1 aromatic rings. The standard InChI is InChI=1S/C12H13NO2/c1-14-10-4-3-9-5-6-12(8-13,15-2)11(9)7-10/h3-4,7H,5-6H2,1-2H3. The second-order valence-corrected chi connectivity index (χ2v) is 3.67. The van der Waals surface area contributed by atoms with E-state index in [9.17, 15) is 5.26 Å². The van der Waals surface area contributed by atoms with Crippen LogP contribution in [-0.4, -0.2) is 14.2 Å². The monoisotopic (exact) mass is 203 g/mol. The first-order valence-electron chi connectivity index (χ1n) is 4.89. The number of hydrogen-bond donors (Lipinski definition) is 0. The Morgan fingerprint density at radius 2 is 2.20 bits per heavy atom. The maximum absolute atomic E-state index is 9.21. The minimum Gasteiger partial charge on any atom is -0.497 e. The molecule has 0 N–H and O–H groups in total. The van der Waals surface area contributed by atoms with E-state index in [1.165, 1.54) is 5.56 Å². The van der Waals surface area contributed by atoms with Crippen LogP contribution in [0.5, 0.6) is 5.75 Å². The summed E-state index contributed by atoms with van der Waals surface area (Å²) in [6, 6.07) is 8.08. The number of ether oxygens (including phenoxy) is 2. The van der Waals surface area contributed by atoms with E-state index in [1.807, 2.05) is 18.2 Å². The van der Waals surface area contributed by atoms with Crippen molar-refractivity contribution < 1.29 is 9.47 Å². The predicted octanol–water partition coefficient (Wildman–Crippen LogP) is 2.01. The number of hydrogen-bond acceptors (Lipinski definition) is 3. The van der Waals surface area contributed by atoms with Gasteiger partial charge in [-0.25, -0.2) is 0 Å². The van der Waals surface area contributed by atoms with E-state index in [2.05, 4.69) is 6.07 Å². The summed E-state index contributed by atoms with van der Waals surface area (Å²) in [4.78, 5) is 0. The van der Waals surface area contributed by atoms with Crippen LogP contribution in [-0.2, 0) is 16.8 Å². The third-order valence-electron chi connectivity index (χ3n) is 3.03. The molecule has 0 spiro atoms. The van der Waals surface area contributed by atoms with E-state index in [1.54, 1.807) is 14.2 Å². The highest BCUT2D eigenvalue weighted by atomic mass is 16.5. The molecule has 2 rings (SSSR count). The fourth-order valence-electron chi connectivity index (χ4n) is 2.10. The van der Waals surface area contributed by atoms with Crippen LogP contribution in [0.1, 0.15) is 17.5 Å². The molecule has 3 heteroatoms. The van der Waals surface area contributed by atoms with Crippen molar-refractivity contribution in [1.82, 2.24) is 0 Å². The lowest BCUT2D eigenvalue weighted by molar-refractivity contribution is 0.0378. The van der Waals surface area contributed by atoms with Crippen molar-refractivity contribution in [2.24, 2.45) is 0 Å². The first-order chi connectivity index (χ1) is 7.25. The molecule has 0 aliphatic heterocycles. The number of methoxy groups -OCH3 is 2. The molecule has 0 amide bonds. The number of nitriles is 1. The third kappa shape index (κ3) is 1.38. The normalized spacial score (nSPS) is 23.3. The van der Waals surface area contributed by atoms with Crippen LogP contribution in [0.25, 0.3) is 0 Å². The van der Waals surface area contributed by atoms with Crippen molar-refractivity contribution in [3.63, 3.8) is 0 Å². The molecule has 0 radical (unpaired) electrons. The summed E-state index contributed by atoms with van der Waals surface area (Å²) in [6.45, 7) is 0. The maximum Gasteiger partial charge on any atom is 0.179 e. The molecular formula is C12H13NO2. The highest BCUT2D eigenvalue weighted by Crippen LogP contribution is 2.40. The van der Waals surface area contributed by atoms with E-state index in [0.29, 0.717) is 0 Å². The molecule has 0 saturated carbocycles. The van der Waals surface area contributed by atoms with Crippen LogP contribution in [0.3, 0.4) is 0 Å². The minimum atomic E-state index is -0.774. The topological polar surface area (TPSA) is 42.2 Å². The molecule has 1 aromatic carbocycles. The summed E-state index contributed by atoms with van der Waals surface area (Å²) < 4.78 is 10.5.